The molecule has 0 unspecified atom stereocenters. The van der Waals surface area contributed by atoms with E-state index >= 15 is 0 Å². The van der Waals surface area contributed by atoms with Crippen LogP contribution in [0.2, 0.25) is 0 Å². The van der Waals surface area contributed by atoms with Gasteiger partial charge in [-0.25, -0.2) is 0 Å². The summed E-state index contributed by atoms with van der Waals surface area (Å²) < 4.78 is 10.3. The average molecular weight is 343 g/mol. The number of carbonyl (C=O) groups is 2. The highest BCUT2D eigenvalue weighted by Gasteiger charge is 2.10. The van der Waals surface area contributed by atoms with E-state index in [1.54, 1.807) is 30.3 Å². The molecule has 2 rings (SSSR count). The Hall–Kier alpha value is -3.09. The zero-order valence-electron chi connectivity index (χ0n) is 14.5. The van der Waals surface area contributed by atoms with Crippen molar-refractivity contribution in [3.63, 3.8) is 0 Å². The number of ether oxygens (including phenoxy) is 2. The smallest absolute Gasteiger partial charge is 0.252 e. The summed E-state index contributed by atoms with van der Waals surface area (Å²) in [7, 11) is 3.04. The van der Waals surface area contributed by atoms with Gasteiger partial charge in [0.2, 0.25) is 0 Å². The van der Waals surface area contributed by atoms with Gasteiger partial charge < -0.3 is 20.1 Å². The zero-order valence-corrected chi connectivity index (χ0v) is 14.5. The number of amides is 2. The Kier molecular flexibility index (Phi) is 6.33. The average Bonchev–Trinajstić information content (AvgIpc) is 2.64. The second-order valence-electron chi connectivity index (χ2n) is 5.30. The lowest BCUT2D eigenvalue weighted by Gasteiger charge is -2.10. The van der Waals surface area contributed by atoms with E-state index in [0.717, 1.165) is 5.69 Å². The van der Waals surface area contributed by atoms with E-state index in [9.17, 15) is 9.59 Å². The molecule has 0 aliphatic rings. The van der Waals surface area contributed by atoms with Crippen LogP contribution in [0.5, 0.6) is 11.5 Å². The first-order valence-corrected chi connectivity index (χ1v) is 7.75. The molecule has 0 atom stereocenters. The SMILES string of the molecule is COc1cc(OC)cc(C(=O)NCCNC(=O)c2ccc(C)nc2)c1. The van der Waals surface area contributed by atoms with Gasteiger partial charge in [-0.05, 0) is 31.2 Å². The predicted molar refractivity (Wildman–Crippen MR) is 93.2 cm³/mol. The van der Waals surface area contributed by atoms with Crippen LogP contribution in [0.3, 0.4) is 0 Å². The Morgan fingerprint density at radius 3 is 1.96 bits per heavy atom. The minimum absolute atomic E-state index is 0.232. The first-order chi connectivity index (χ1) is 12.0. The Balaban J connectivity index is 1.84. The quantitative estimate of drug-likeness (QED) is 0.745. The maximum Gasteiger partial charge on any atom is 0.252 e. The standard InChI is InChI=1S/C18H21N3O4/c1-12-4-5-13(11-21-12)17(22)19-6-7-20-18(23)14-8-15(24-2)10-16(9-14)25-3/h4-5,8-11H,6-7H2,1-3H3,(H,19,22)(H,20,23). The fourth-order valence-corrected chi connectivity index (χ4v) is 2.10. The summed E-state index contributed by atoms with van der Waals surface area (Å²) in [6.07, 6.45) is 1.52. The number of pyridine rings is 1. The van der Waals surface area contributed by atoms with E-state index in [1.165, 1.54) is 20.4 Å². The van der Waals surface area contributed by atoms with Crippen LogP contribution in [0.15, 0.2) is 36.5 Å². The van der Waals surface area contributed by atoms with Gasteiger partial charge in [0.15, 0.2) is 0 Å². The number of hydrogen-bond donors (Lipinski definition) is 2. The van der Waals surface area contributed by atoms with E-state index < -0.39 is 0 Å². The highest BCUT2D eigenvalue weighted by atomic mass is 16.5. The summed E-state index contributed by atoms with van der Waals surface area (Å²) in [5.74, 6) is 0.558. The van der Waals surface area contributed by atoms with Gasteiger partial charge in [-0.15, -0.1) is 0 Å². The Labute approximate surface area is 146 Å². The lowest BCUT2D eigenvalue weighted by Crippen LogP contribution is -2.34. The van der Waals surface area contributed by atoms with Crippen molar-refractivity contribution >= 4 is 11.8 Å². The van der Waals surface area contributed by atoms with Crippen molar-refractivity contribution in [1.29, 1.82) is 0 Å². The van der Waals surface area contributed by atoms with Crippen LogP contribution < -0.4 is 20.1 Å². The summed E-state index contributed by atoms with van der Waals surface area (Å²) in [6.45, 7) is 2.45. The second kappa shape index (κ2) is 8.68. The number of hydrogen-bond acceptors (Lipinski definition) is 5. The highest BCUT2D eigenvalue weighted by molar-refractivity contribution is 5.95. The molecule has 1 aromatic heterocycles. The van der Waals surface area contributed by atoms with E-state index in [1.807, 2.05) is 6.92 Å². The van der Waals surface area contributed by atoms with Crippen LogP contribution in [0.1, 0.15) is 26.4 Å². The number of carbonyl (C=O) groups excluding carboxylic acids is 2. The van der Waals surface area contributed by atoms with Gasteiger partial charge in [-0.2, -0.15) is 0 Å². The lowest BCUT2D eigenvalue weighted by molar-refractivity contribution is 0.0927. The first kappa shape index (κ1) is 18.3. The molecule has 0 bridgehead atoms. The van der Waals surface area contributed by atoms with Gasteiger partial charge in [-0.1, -0.05) is 0 Å². The van der Waals surface area contributed by atoms with Crippen molar-refractivity contribution in [3.05, 3.63) is 53.3 Å². The maximum atomic E-state index is 12.2. The molecule has 2 aromatic rings. The van der Waals surface area contributed by atoms with Gasteiger partial charge in [-0.3, -0.25) is 14.6 Å². The van der Waals surface area contributed by atoms with Crippen LogP contribution in [-0.4, -0.2) is 44.1 Å². The Morgan fingerprint density at radius 2 is 1.48 bits per heavy atom. The van der Waals surface area contributed by atoms with E-state index in [-0.39, 0.29) is 11.8 Å². The number of nitrogens with zero attached hydrogens (tertiary/aromatic N) is 1. The summed E-state index contributed by atoms with van der Waals surface area (Å²) >= 11 is 0. The molecule has 132 valence electrons. The monoisotopic (exact) mass is 343 g/mol. The maximum absolute atomic E-state index is 12.2. The molecule has 1 aromatic carbocycles. The minimum Gasteiger partial charge on any atom is -0.497 e. The van der Waals surface area contributed by atoms with Crippen molar-refractivity contribution in [2.75, 3.05) is 27.3 Å². The molecule has 25 heavy (non-hydrogen) atoms. The van der Waals surface area contributed by atoms with Gasteiger partial charge in [0, 0.05) is 36.6 Å². The molecule has 1 heterocycles. The molecule has 0 aliphatic heterocycles. The summed E-state index contributed by atoms with van der Waals surface area (Å²) in [5, 5.41) is 5.46. The molecule has 7 heteroatoms. The van der Waals surface area contributed by atoms with Crippen molar-refractivity contribution < 1.29 is 19.1 Å². The summed E-state index contributed by atoms with van der Waals surface area (Å²) in [6, 6.07) is 8.40. The number of nitrogens with one attached hydrogen (secondary N) is 2. The van der Waals surface area contributed by atoms with Gasteiger partial charge in [0.1, 0.15) is 11.5 Å². The zero-order chi connectivity index (χ0) is 18.2. The first-order valence-electron chi connectivity index (χ1n) is 7.75. The highest BCUT2D eigenvalue weighted by Crippen LogP contribution is 2.22. The third-order valence-corrected chi connectivity index (χ3v) is 3.48. The van der Waals surface area contributed by atoms with Crippen molar-refractivity contribution in [2.45, 2.75) is 6.92 Å². The van der Waals surface area contributed by atoms with Crippen molar-refractivity contribution in [2.24, 2.45) is 0 Å². The van der Waals surface area contributed by atoms with Crippen LogP contribution in [0, 0.1) is 6.92 Å². The molecule has 2 amide bonds. The van der Waals surface area contributed by atoms with Crippen LogP contribution in [0.4, 0.5) is 0 Å². The van der Waals surface area contributed by atoms with E-state index in [4.69, 9.17) is 9.47 Å². The fraction of sp³-hybridized carbons (Fsp3) is 0.278. The lowest BCUT2D eigenvalue weighted by atomic mass is 10.2. The Bertz CT molecular complexity index is 722. The largest absolute Gasteiger partial charge is 0.497 e. The molecular weight excluding hydrogens is 322 g/mol. The Morgan fingerprint density at radius 1 is 0.920 bits per heavy atom. The van der Waals surface area contributed by atoms with Gasteiger partial charge in [0.05, 0.1) is 19.8 Å². The van der Waals surface area contributed by atoms with Crippen molar-refractivity contribution in [1.82, 2.24) is 15.6 Å². The van der Waals surface area contributed by atoms with Gasteiger partial charge in [0.25, 0.3) is 11.8 Å². The number of aromatic nitrogens is 1. The third kappa shape index (κ3) is 5.20. The van der Waals surface area contributed by atoms with E-state index in [2.05, 4.69) is 15.6 Å². The predicted octanol–water partition coefficient (Wildman–Crippen LogP) is 1.57. The molecule has 2 N–H and O–H groups in total. The summed E-state index contributed by atoms with van der Waals surface area (Å²) in [4.78, 5) is 28.2. The van der Waals surface area contributed by atoms with Gasteiger partial charge >= 0.3 is 0 Å². The summed E-state index contributed by atoms with van der Waals surface area (Å²) in [5.41, 5.74) is 1.75. The van der Waals surface area contributed by atoms with Crippen molar-refractivity contribution in [3.8, 4) is 11.5 Å². The molecule has 0 saturated carbocycles. The van der Waals surface area contributed by atoms with Crippen LogP contribution >= 0.6 is 0 Å². The minimum atomic E-state index is -0.275. The molecule has 7 nitrogen and oxygen atoms in total. The number of methoxy groups -OCH3 is 2. The second-order valence-corrected chi connectivity index (χ2v) is 5.30. The molecular formula is C18H21N3O4. The molecule has 0 radical (unpaired) electrons. The normalized spacial score (nSPS) is 10.0. The van der Waals surface area contributed by atoms with Crippen LogP contribution in [0.25, 0.3) is 0 Å². The number of rotatable bonds is 7. The number of benzene rings is 1. The molecule has 0 fully saturated rings. The number of aryl methyl sites for hydroxylation is 1. The molecule has 0 saturated heterocycles. The molecule has 0 spiro atoms. The van der Waals surface area contributed by atoms with Crippen LogP contribution in [-0.2, 0) is 0 Å². The topological polar surface area (TPSA) is 89.5 Å². The fourth-order valence-electron chi connectivity index (χ4n) is 2.10. The molecule has 0 aliphatic carbocycles. The third-order valence-electron chi connectivity index (χ3n) is 3.48. The van der Waals surface area contributed by atoms with E-state index in [0.29, 0.717) is 35.7 Å².